The zero-order valence-corrected chi connectivity index (χ0v) is 16.7. The number of nitrogens with zero attached hydrogens (tertiary/aromatic N) is 2. The minimum atomic E-state index is -0.251. The van der Waals surface area contributed by atoms with Crippen molar-refractivity contribution < 1.29 is 14.3 Å². The van der Waals surface area contributed by atoms with Gasteiger partial charge in [-0.15, -0.1) is 0 Å². The Morgan fingerprint density at radius 3 is 2.84 bits per heavy atom. The molecule has 2 amide bonds. The Kier molecular flexibility index (Phi) is 4.84. The van der Waals surface area contributed by atoms with Crippen LogP contribution in [0, 0.1) is 0 Å². The summed E-state index contributed by atoms with van der Waals surface area (Å²) in [6, 6.07) is 21.3. The van der Waals surface area contributed by atoms with Crippen LogP contribution in [-0.2, 0) is 17.9 Å². The van der Waals surface area contributed by atoms with Crippen LogP contribution < -0.4 is 15.4 Å². The van der Waals surface area contributed by atoms with E-state index in [1.807, 2.05) is 36.7 Å². The molecule has 0 aliphatic carbocycles. The van der Waals surface area contributed by atoms with Crippen LogP contribution in [0.5, 0.6) is 5.75 Å². The number of fused-ring (bicyclic) bond motifs is 2. The SMILES string of the molecule is O=C1COc2c(cccc2C(=O)NCc2cccc(Cn3cnc4ccccc43)c2)N1. The molecule has 2 N–H and O–H groups in total. The van der Waals surface area contributed by atoms with E-state index in [2.05, 4.69) is 38.4 Å². The molecule has 0 bridgehead atoms. The number of ether oxygens (including phenoxy) is 1. The van der Waals surface area contributed by atoms with Gasteiger partial charge in [0.25, 0.3) is 11.8 Å². The normalized spacial score (nSPS) is 12.7. The van der Waals surface area contributed by atoms with Crippen molar-refractivity contribution in [2.45, 2.75) is 13.1 Å². The number of carbonyl (C=O) groups excluding carboxylic acids is 2. The predicted molar refractivity (Wildman–Crippen MR) is 117 cm³/mol. The van der Waals surface area contributed by atoms with Gasteiger partial charge < -0.3 is 19.9 Å². The molecule has 154 valence electrons. The maximum Gasteiger partial charge on any atom is 0.262 e. The number of nitrogens with one attached hydrogen (secondary N) is 2. The topological polar surface area (TPSA) is 85.2 Å². The minimum Gasteiger partial charge on any atom is -0.481 e. The van der Waals surface area contributed by atoms with Crippen molar-refractivity contribution in [2.24, 2.45) is 0 Å². The highest BCUT2D eigenvalue weighted by Gasteiger charge is 2.22. The number of hydrogen-bond acceptors (Lipinski definition) is 4. The van der Waals surface area contributed by atoms with Gasteiger partial charge in [0.05, 0.1) is 28.6 Å². The quantitative estimate of drug-likeness (QED) is 0.527. The molecule has 31 heavy (non-hydrogen) atoms. The maximum atomic E-state index is 12.7. The van der Waals surface area contributed by atoms with Crippen LogP contribution in [0.25, 0.3) is 11.0 Å². The van der Waals surface area contributed by atoms with Crippen molar-refractivity contribution in [3.05, 3.63) is 89.7 Å². The number of anilines is 1. The van der Waals surface area contributed by atoms with Crippen LogP contribution in [0.1, 0.15) is 21.5 Å². The second-order valence-corrected chi connectivity index (χ2v) is 7.38. The summed E-state index contributed by atoms with van der Waals surface area (Å²) in [7, 11) is 0. The average Bonchev–Trinajstić information content (AvgIpc) is 3.20. The van der Waals surface area contributed by atoms with Crippen LogP contribution in [0.3, 0.4) is 0 Å². The standard InChI is InChI=1S/C24H20N4O3/c29-22-14-31-23-18(7-4-9-20(23)27-22)24(30)25-12-16-5-3-6-17(11-16)13-28-15-26-19-8-1-2-10-21(19)28/h1-11,15H,12-14H2,(H,25,30)(H,27,29). The Balaban J connectivity index is 1.29. The van der Waals surface area contributed by atoms with Gasteiger partial charge in [-0.05, 0) is 35.4 Å². The predicted octanol–water partition coefficient (Wildman–Crippen LogP) is 3.35. The summed E-state index contributed by atoms with van der Waals surface area (Å²) in [4.78, 5) is 28.7. The molecule has 0 saturated heterocycles. The van der Waals surface area contributed by atoms with E-state index >= 15 is 0 Å². The van der Waals surface area contributed by atoms with Gasteiger partial charge in [0.1, 0.15) is 0 Å². The summed E-state index contributed by atoms with van der Waals surface area (Å²) in [5, 5.41) is 5.66. The van der Waals surface area contributed by atoms with Crippen LogP contribution in [0.15, 0.2) is 73.1 Å². The lowest BCUT2D eigenvalue weighted by molar-refractivity contribution is -0.118. The number of hydrogen-bond donors (Lipinski definition) is 2. The van der Waals surface area contributed by atoms with Gasteiger partial charge in [-0.25, -0.2) is 4.98 Å². The molecule has 1 aromatic heterocycles. The second-order valence-electron chi connectivity index (χ2n) is 7.38. The Morgan fingerprint density at radius 1 is 1.06 bits per heavy atom. The highest BCUT2D eigenvalue weighted by Crippen LogP contribution is 2.31. The molecular weight excluding hydrogens is 392 g/mol. The molecule has 1 aliphatic heterocycles. The molecule has 7 nitrogen and oxygen atoms in total. The number of aromatic nitrogens is 2. The molecule has 0 fully saturated rings. The van der Waals surface area contributed by atoms with E-state index < -0.39 is 0 Å². The van der Waals surface area contributed by atoms with E-state index in [1.165, 1.54) is 0 Å². The Hall–Kier alpha value is -4.13. The lowest BCUT2D eigenvalue weighted by Gasteiger charge is -2.20. The van der Waals surface area contributed by atoms with E-state index in [4.69, 9.17) is 4.74 Å². The van der Waals surface area contributed by atoms with Gasteiger partial charge in [0.15, 0.2) is 12.4 Å². The molecular formula is C24H20N4O3. The van der Waals surface area contributed by atoms with Gasteiger partial charge in [-0.2, -0.15) is 0 Å². The number of carbonyl (C=O) groups is 2. The van der Waals surface area contributed by atoms with Gasteiger partial charge in [-0.3, -0.25) is 9.59 Å². The van der Waals surface area contributed by atoms with Crippen LogP contribution in [0.2, 0.25) is 0 Å². The first kappa shape index (κ1) is 18.9. The first-order chi connectivity index (χ1) is 15.2. The molecule has 3 aromatic carbocycles. The summed E-state index contributed by atoms with van der Waals surface area (Å²) in [5.74, 6) is -0.0770. The number of amides is 2. The van der Waals surface area contributed by atoms with Gasteiger partial charge >= 0.3 is 0 Å². The van der Waals surface area contributed by atoms with E-state index in [9.17, 15) is 9.59 Å². The van der Waals surface area contributed by atoms with Crippen molar-refractivity contribution in [2.75, 3.05) is 11.9 Å². The monoisotopic (exact) mass is 412 g/mol. The minimum absolute atomic E-state index is 0.0950. The molecule has 0 spiro atoms. The number of imidazole rings is 1. The molecule has 2 heterocycles. The Bertz CT molecular complexity index is 1290. The van der Waals surface area contributed by atoms with Crippen molar-refractivity contribution in [1.82, 2.24) is 14.9 Å². The van der Waals surface area contributed by atoms with Crippen molar-refractivity contribution in [3.63, 3.8) is 0 Å². The van der Waals surface area contributed by atoms with E-state index in [0.29, 0.717) is 30.1 Å². The number of para-hydroxylation sites is 3. The first-order valence-corrected chi connectivity index (χ1v) is 9.99. The third kappa shape index (κ3) is 3.85. The summed E-state index contributed by atoms with van der Waals surface area (Å²) >= 11 is 0. The molecule has 0 saturated carbocycles. The Labute approximate surface area is 178 Å². The summed E-state index contributed by atoms with van der Waals surface area (Å²) in [6.45, 7) is 0.984. The summed E-state index contributed by atoms with van der Waals surface area (Å²) in [6.07, 6.45) is 1.84. The van der Waals surface area contributed by atoms with Gasteiger partial charge in [0.2, 0.25) is 0 Å². The molecule has 5 rings (SSSR count). The number of benzene rings is 3. The smallest absolute Gasteiger partial charge is 0.262 e. The van der Waals surface area contributed by atoms with Crippen LogP contribution in [0.4, 0.5) is 5.69 Å². The van der Waals surface area contributed by atoms with Crippen LogP contribution in [-0.4, -0.2) is 28.0 Å². The lowest BCUT2D eigenvalue weighted by Crippen LogP contribution is -2.29. The third-order valence-corrected chi connectivity index (χ3v) is 5.21. The summed E-state index contributed by atoms with van der Waals surface area (Å²) in [5.41, 5.74) is 5.09. The van der Waals surface area contributed by atoms with E-state index in [0.717, 1.165) is 22.2 Å². The van der Waals surface area contributed by atoms with Crippen molar-refractivity contribution in [3.8, 4) is 5.75 Å². The zero-order valence-electron chi connectivity index (χ0n) is 16.7. The van der Waals surface area contributed by atoms with E-state index in [1.54, 1.807) is 18.2 Å². The largest absolute Gasteiger partial charge is 0.481 e. The van der Waals surface area contributed by atoms with E-state index in [-0.39, 0.29) is 18.4 Å². The van der Waals surface area contributed by atoms with Crippen LogP contribution >= 0.6 is 0 Å². The fourth-order valence-corrected chi connectivity index (χ4v) is 3.74. The second kappa shape index (κ2) is 7.95. The molecule has 4 aromatic rings. The van der Waals surface area contributed by atoms with Crippen molar-refractivity contribution in [1.29, 1.82) is 0 Å². The molecule has 1 aliphatic rings. The van der Waals surface area contributed by atoms with Gasteiger partial charge in [-0.1, -0.05) is 42.5 Å². The third-order valence-electron chi connectivity index (χ3n) is 5.21. The fraction of sp³-hybridized carbons (Fsp3) is 0.125. The van der Waals surface area contributed by atoms with Gasteiger partial charge in [0, 0.05) is 13.1 Å². The molecule has 0 atom stereocenters. The molecule has 0 unspecified atom stereocenters. The Morgan fingerprint density at radius 2 is 1.90 bits per heavy atom. The molecule has 7 heteroatoms. The number of rotatable bonds is 5. The lowest BCUT2D eigenvalue weighted by atomic mass is 10.1. The van der Waals surface area contributed by atoms with Crippen molar-refractivity contribution >= 4 is 28.5 Å². The highest BCUT2D eigenvalue weighted by atomic mass is 16.5. The average molecular weight is 412 g/mol. The first-order valence-electron chi connectivity index (χ1n) is 9.99. The molecule has 0 radical (unpaired) electrons. The maximum absolute atomic E-state index is 12.7. The highest BCUT2D eigenvalue weighted by molar-refractivity contribution is 6.03. The fourth-order valence-electron chi connectivity index (χ4n) is 3.74. The summed E-state index contributed by atoms with van der Waals surface area (Å²) < 4.78 is 7.58. The zero-order chi connectivity index (χ0) is 21.2.